The predicted octanol–water partition coefficient (Wildman–Crippen LogP) is 3.91. The molecule has 8 nitrogen and oxygen atoms in total. The van der Waals surface area contributed by atoms with E-state index < -0.39 is 0 Å². The molecule has 4 aromatic rings. The van der Waals surface area contributed by atoms with Gasteiger partial charge in [-0.15, -0.1) is 0 Å². The van der Waals surface area contributed by atoms with Crippen molar-refractivity contribution in [2.24, 2.45) is 0 Å². The van der Waals surface area contributed by atoms with Crippen LogP contribution in [0.15, 0.2) is 71.3 Å². The van der Waals surface area contributed by atoms with Crippen LogP contribution >= 0.6 is 0 Å². The van der Waals surface area contributed by atoms with Crippen molar-refractivity contribution >= 4 is 28.4 Å². The van der Waals surface area contributed by atoms with E-state index in [1.165, 1.54) is 11.8 Å². The lowest BCUT2D eigenvalue weighted by Gasteiger charge is -2.26. The molecule has 0 saturated carbocycles. The highest BCUT2D eigenvalue weighted by molar-refractivity contribution is 6.04. The molecule has 36 heavy (non-hydrogen) atoms. The summed E-state index contributed by atoms with van der Waals surface area (Å²) in [4.78, 5) is 28.0. The standard InChI is InChI=1S/C28H30N4O4/c1-20-4-2-5-21(16-20)19-32-24-8-7-23(30-28(34)26-6-3-13-36-26)17-22(24)18-25(32)27(33)29-9-10-31-11-14-35-15-12-31/h2-8,13,16-18H,9-12,14-15,19H2,1H3,(H,29,33)(H,30,34). The number of anilines is 1. The zero-order valence-corrected chi connectivity index (χ0v) is 20.3. The van der Waals surface area contributed by atoms with Crippen molar-refractivity contribution in [2.75, 3.05) is 44.7 Å². The monoisotopic (exact) mass is 486 g/mol. The van der Waals surface area contributed by atoms with Gasteiger partial charge in [0.2, 0.25) is 0 Å². The summed E-state index contributed by atoms with van der Waals surface area (Å²) in [6, 6.07) is 19.1. The van der Waals surface area contributed by atoms with Crippen LogP contribution in [0.1, 0.15) is 32.2 Å². The maximum atomic E-state index is 13.3. The van der Waals surface area contributed by atoms with Crippen LogP contribution in [0, 0.1) is 6.92 Å². The fourth-order valence-electron chi connectivity index (χ4n) is 4.54. The number of nitrogens with one attached hydrogen (secondary N) is 2. The molecule has 0 bridgehead atoms. The summed E-state index contributed by atoms with van der Waals surface area (Å²) >= 11 is 0. The third kappa shape index (κ3) is 5.50. The highest BCUT2D eigenvalue weighted by Gasteiger charge is 2.18. The fraction of sp³-hybridized carbons (Fsp3) is 0.286. The molecule has 2 N–H and O–H groups in total. The summed E-state index contributed by atoms with van der Waals surface area (Å²) in [5.41, 5.74) is 4.43. The minimum absolute atomic E-state index is 0.117. The van der Waals surface area contributed by atoms with Crippen LogP contribution in [0.25, 0.3) is 10.9 Å². The molecule has 0 unspecified atom stereocenters. The van der Waals surface area contributed by atoms with Gasteiger partial charge in [-0.05, 0) is 48.9 Å². The molecule has 186 valence electrons. The van der Waals surface area contributed by atoms with Crippen molar-refractivity contribution in [3.8, 4) is 0 Å². The normalized spacial score (nSPS) is 14.1. The molecule has 1 saturated heterocycles. The number of amides is 2. The molecule has 2 aromatic carbocycles. The van der Waals surface area contributed by atoms with Gasteiger partial charge < -0.3 is 24.4 Å². The van der Waals surface area contributed by atoms with Crippen LogP contribution in [0.4, 0.5) is 5.69 Å². The van der Waals surface area contributed by atoms with E-state index in [4.69, 9.17) is 9.15 Å². The Morgan fingerprint density at radius 1 is 0.972 bits per heavy atom. The molecule has 3 heterocycles. The summed E-state index contributed by atoms with van der Waals surface area (Å²) < 4.78 is 12.6. The number of aromatic nitrogens is 1. The van der Waals surface area contributed by atoms with E-state index in [2.05, 4.69) is 40.7 Å². The highest BCUT2D eigenvalue weighted by Crippen LogP contribution is 2.25. The summed E-state index contributed by atoms with van der Waals surface area (Å²) in [5.74, 6) is -0.194. The van der Waals surface area contributed by atoms with E-state index in [1.54, 1.807) is 12.1 Å². The van der Waals surface area contributed by atoms with Crippen LogP contribution in [-0.4, -0.2) is 60.7 Å². The number of rotatable bonds is 8. The lowest BCUT2D eigenvalue weighted by Crippen LogP contribution is -2.41. The van der Waals surface area contributed by atoms with Gasteiger partial charge in [0.25, 0.3) is 11.8 Å². The molecule has 8 heteroatoms. The molecule has 2 aromatic heterocycles. The van der Waals surface area contributed by atoms with Gasteiger partial charge in [-0.25, -0.2) is 0 Å². The number of carbonyl (C=O) groups excluding carboxylic acids is 2. The molecule has 0 radical (unpaired) electrons. The van der Waals surface area contributed by atoms with Crippen LogP contribution < -0.4 is 10.6 Å². The number of carbonyl (C=O) groups is 2. The third-order valence-electron chi connectivity index (χ3n) is 6.38. The lowest BCUT2D eigenvalue weighted by atomic mass is 10.1. The van der Waals surface area contributed by atoms with E-state index in [0.717, 1.165) is 49.3 Å². The first-order chi connectivity index (χ1) is 17.6. The molecule has 5 rings (SSSR count). The second-order valence-corrected chi connectivity index (χ2v) is 9.02. The zero-order chi connectivity index (χ0) is 24.9. The molecule has 2 amide bonds. The Morgan fingerprint density at radius 3 is 2.61 bits per heavy atom. The highest BCUT2D eigenvalue weighted by atomic mass is 16.5. The topological polar surface area (TPSA) is 88.7 Å². The SMILES string of the molecule is Cc1cccc(Cn2c(C(=O)NCCN3CCOCC3)cc3cc(NC(=O)c4ccco4)ccc32)c1. The van der Waals surface area contributed by atoms with Crippen molar-refractivity contribution in [2.45, 2.75) is 13.5 Å². The largest absolute Gasteiger partial charge is 0.459 e. The zero-order valence-electron chi connectivity index (χ0n) is 20.3. The van der Waals surface area contributed by atoms with Gasteiger partial charge in [0.1, 0.15) is 5.69 Å². The van der Waals surface area contributed by atoms with Crippen molar-refractivity contribution in [3.05, 3.63) is 89.5 Å². The predicted molar refractivity (Wildman–Crippen MR) is 138 cm³/mol. The Kier molecular flexibility index (Phi) is 7.16. The van der Waals surface area contributed by atoms with E-state index in [0.29, 0.717) is 24.5 Å². The van der Waals surface area contributed by atoms with Gasteiger partial charge in [0.15, 0.2) is 5.76 Å². The van der Waals surface area contributed by atoms with Crippen molar-refractivity contribution < 1.29 is 18.7 Å². The van der Waals surface area contributed by atoms with Gasteiger partial charge in [-0.3, -0.25) is 14.5 Å². The maximum Gasteiger partial charge on any atom is 0.291 e. The minimum atomic E-state index is -0.320. The molecular weight excluding hydrogens is 456 g/mol. The van der Waals surface area contributed by atoms with Gasteiger partial charge in [-0.1, -0.05) is 29.8 Å². The Balaban J connectivity index is 1.39. The molecule has 0 atom stereocenters. The maximum absolute atomic E-state index is 13.3. The Bertz CT molecular complexity index is 1350. The average molecular weight is 487 g/mol. The van der Waals surface area contributed by atoms with Crippen LogP contribution in [0.3, 0.4) is 0 Å². The third-order valence-corrected chi connectivity index (χ3v) is 6.38. The molecule has 0 aliphatic carbocycles. The number of ether oxygens (including phenoxy) is 1. The van der Waals surface area contributed by atoms with Crippen LogP contribution in [0.5, 0.6) is 0 Å². The summed E-state index contributed by atoms with van der Waals surface area (Å²) in [6.07, 6.45) is 1.47. The number of benzene rings is 2. The molecular formula is C28H30N4O4. The number of fused-ring (bicyclic) bond motifs is 1. The number of furan rings is 1. The second kappa shape index (κ2) is 10.8. The number of nitrogens with zero attached hydrogens (tertiary/aromatic N) is 2. The number of morpholine rings is 1. The second-order valence-electron chi connectivity index (χ2n) is 9.02. The molecule has 0 spiro atoms. The molecule has 1 aliphatic heterocycles. The van der Waals surface area contributed by atoms with E-state index in [1.807, 2.05) is 34.9 Å². The van der Waals surface area contributed by atoms with Crippen molar-refractivity contribution in [1.29, 1.82) is 0 Å². The van der Waals surface area contributed by atoms with Gasteiger partial charge in [-0.2, -0.15) is 0 Å². The fourth-order valence-corrected chi connectivity index (χ4v) is 4.54. The van der Waals surface area contributed by atoms with Gasteiger partial charge >= 0.3 is 0 Å². The number of hydrogen-bond acceptors (Lipinski definition) is 5. The number of aryl methyl sites for hydroxylation is 1. The summed E-state index contributed by atoms with van der Waals surface area (Å²) in [6.45, 7) is 7.21. The van der Waals surface area contributed by atoms with Gasteiger partial charge in [0.05, 0.1) is 19.5 Å². The molecule has 1 fully saturated rings. The Hall–Kier alpha value is -3.88. The van der Waals surface area contributed by atoms with Gasteiger partial charge in [0, 0.05) is 49.3 Å². The summed E-state index contributed by atoms with van der Waals surface area (Å²) in [7, 11) is 0. The Labute approximate surface area is 209 Å². The van der Waals surface area contributed by atoms with E-state index >= 15 is 0 Å². The minimum Gasteiger partial charge on any atom is -0.459 e. The van der Waals surface area contributed by atoms with Crippen molar-refractivity contribution in [1.82, 2.24) is 14.8 Å². The van der Waals surface area contributed by atoms with E-state index in [9.17, 15) is 9.59 Å². The smallest absolute Gasteiger partial charge is 0.291 e. The van der Waals surface area contributed by atoms with Crippen LogP contribution in [0.2, 0.25) is 0 Å². The first kappa shape index (κ1) is 23.8. The van der Waals surface area contributed by atoms with E-state index in [-0.39, 0.29) is 17.6 Å². The first-order valence-corrected chi connectivity index (χ1v) is 12.2. The Morgan fingerprint density at radius 2 is 1.83 bits per heavy atom. The number of hydrogen-bond donors (Lipinski definition) is 2. The van der Waals surface area contributed by atoms with Crippen molar-refractivity contribution in [3.63, 3.8) is 0 Å². The quantitative estimate of drug-likeness (QED) is 0.394. The van der Waals surface area contributed by atoms with Crippen LogP contribution in [-0.2, 0) is 11.3 Å². The summed E-state index contributed by atoms with van der Waals surface area (Å²) in [5, 5.41) is 6.82. The molecule has 1 aliphatic rings. The average Bonchev–Trinajstić information content (AvgIpc) is 3.54. The first-order valence-electron chi connectivity index (χ1n) is 12.2. The lowest BCUT2D eigenvalue weighted by molar-refractivity contribution is 0.0383.